The smallest absolute Gasteiger partial charge is 0.228 e. The topological polar surface area (TPSA) is 49.8 Å². The first-order valence-corrected chi connectivity index (χ1v) is 9.21. The summed E-state index contributed by atoms with van der Waals surface area (Å²) in [6, 6.07) is 19.6. The lowest BCUT2D eigenvalue weighted by Crippen LogP contribution is -2.52. The van der Waals surface area contributed by atoms with Crippen molar-refractivity contribution >= 4 is 5.91 Å². The summed E-state index contributed by atoms with van der Waals surface area (Å²) in [5, 5.41) is 11.5. The Labute approximate surface area is 155 Å². The Morgan fingerprint density at radius 2 is 1.65 bits per heavy atom. The highest BCUT2D eigenvalue weighted by Gasteiger charge is 2.52. The number of likely N-dealkylation sites (tertiary alicyclic amines) is 1. The molecule has 0 saturated carbocycles. The Morgan fingerprint density at radius 3 is 2.23 bits per heavy atom. The fourth-order valence-electron chi connectivity index (χ4n) is 3.62. The van der Waals surface area contributed by atoms with Crippen LogP contribution in [0.25, 0.3) is 0 Å². The molecule has 1 heterocycles. The number of amides is 1. The van der Waals surface area contributed by atoms with Gasteiger partial charge in [0.1, 0.15) is 6.10 Å². The molecule has 4 nitrogen and oxygen atoms in total. The highest BCUT2D eigenvalue weighted by molar-refractivity contribution is 5.80. The molecule has 3 rings (SSSR count). The molecule has 1 aliphatic heterocycles. The standard InChI is InChI=1S/C22H27NO3/c1-17(2)14-22(25)20(26-16-19-11-7-4-8-12-19)13-21(24)23(22)15-18-9-5-3-6-10-18/h3-12,17,20,25H,13-16H2,1-2H3/t20-,22+/m0/s1. The van der Waals surface area contributed by atoms with Crippen LogP contribution in [0.1, 0.15) is 37.8 Å². The van der Waals surface area contributed by atoms with Crippen LogP contribution in [0.15, 0.2) is 60.7 Å². The molecule has 0 radical (unpaired) electrons. The molecule has 1 saturated heterocycles. The van der Waals surface area contributed by atoms with E-state index in [0.717, 1.165) is 11.1 Å². The molecule has 2 atom stereocenters. The number of hydrogen-bond donors (Lipinski definition) is 1. The van der Waals surface area contributed by atoms with Crippen molar-refractivity contribution in [3.8, 4) is 0 Å². The second kappa shape index (κ2) is 8.02. The Bertz CT molecular complexity index is 717. The van der Waals surface area contributed by atoms with Crippen LogP contribution in [-0.2, 0) is 22.7 Å². The number of carbonyl (C=O) groups excluding carboxylic acids is 1. The molecule has 4 heteroatoms. The zero-order valence-corrected chi connectivity index (χ0v) is 15.5. The summed E-state index contributed by atoms with van der Waals surface area (Å²) in [6.07, 6.45) is 0.176. The minimum Gasteiger partial charge on any atom is -0.368 e. The highest BCUT2D eigenvalue weighted by Crippen LogP contribution is 2.37. The van der Waals surface area contributed by atoms with Crippen molar-refractivity contribution in [2.75, 3.05) is 0 Å². The molecule has 0 aromatic heterocycles. The van der Waals surface area contributed by atoms with E-state index in [1.807, 2.05) is 60.7 Å². The lowest BCUT2D eigenvalue weighted by molar-refractivity contribution is -0.181. The lowest BCUT2D eigenvalue weighted by atomic mass is 9.95. The fraction of sp³-hybridized carbons (Fsp3) is 0.409. The third-order valence-electron chi connectivity index (χ3n) is 4.83. The van der Waals surface area contributed by atoms with E-state index in [2.05, 4.69) is 13.8 Å². The van der Waals surface area contributed by atoms with Gasteiger partial charge in [-0.05, 0) is 17.0 Å². The van der Waals surface area contributed by atoms with Gasteiger partial charge in [-0.2, -0.15) is 0 Å². The first-order valence-electron chi connectivity index (χ1n) is 9.21. The summed E-state index contributed by atoms with van der Waals surface area (Å²) in [6.45, 7) is 4.89. The number of aliphatic hydroxyl groups is 1. The van der Waals surface area contributed by atoms with Gasteiger partial charge in [0.2, 0.25) is 5.91 Å². The van der Waals surface area contributed by atoms with Gasteiger partial charge in [-0.15, -0.1) is 0 Å². The number of carbonyl (C=O) groups is 1. The summed E-state index contributed by atoms with van der Waals surface area (Å²) < 4.78 is 6.03. The Morgan fingerprint density at radius 1 is 1.08 bits per heavy atom. The molecule has 1 aliphatic rings. The minimum absolute atomic E-state index is 0.0601. The molecule has 0 bridgehead atoms. The van der Waals surface area contributed by atoms with Gasteiger partial charge < -0.3 is 14.7 Å². The Balaban J connectivity index is 1.79. The predicted molar refractivity (Wildman–Crippen MR) is 101 cm³/mol. The molecule has 2 aromatic carbocycles. The van der Waals surface area contributed by atoms with Gasteiger partial charge in [-0.3, -0.25) is 4.79 Å². The van der Waals surface area contributed by atoms with E-state index in [-0.39, 0.29) is 18.2 Å². The largest absolute Gasteiger partial charge is 0.368 e. The number of benzene rings is 2. The van der Waals surface area contributed by atoms with Crippen LogP contribution in [0.3, 0.4) is 0 Å². The maximum atomic E-state index is 12.7. The van der Waals surface area contributed by atoms with Crippen LogP contribution in [-0.4, -0.2) is 27.7 Å². The van der Waals surface area contributed by atoms with Crippen molar-refractivity contribution in [3.63, 3.8) is 0 Å². The molecular weight excluding hydrogens is 326 g/mol. The van der Waals surface area contributed by atoms with Crippen LogP contribution >= 0.6 is 0 Å². The van der Waals surface area contributed by atoms with Crippen molar-refractivity contribution in [2.45, 2.75) is 51.7 Å². The van der Waals surface area contributed by atoms with E-state index in [1.54, 1.807) is 4.90 Å². The van der Waals surface area contributed by atoms with Crippen LogP contribution in [0.5, 0.6) is 0 Å². The Kier molecular flexibility index (Phi) is 5.74. The number of nitrogens with zero attached hydrogens (tertiary/aromatic N) is 1. The molecule has 1 N–H and O–H groups in total. The summed E-state index contributed by atoms with van der Waals surface area (Å²) in [7, 11) is 0. The molecule has 138 valence electrons. The summed E-state index contributed by atoms with van der Waals surface area (Å²) >= 11 is 0. The van der Waals surface area contributed by atoms with E-state index in [1.165, 1.54) is 0 Å². The highest BCUT2D eigenvalue weighted by atomic mass is 16.5. The average Bonchev–Trinajstić information content (AvgIpc) is 2.85. The summed E-state index contributed by atoms with van der Waals surface area (Å²) in [5.74, 6) is 0.182. The first kappa shape index (κ1) is 18.6. The second-order valence-electron chi connectivity index (χ2n) is 7.43. The van der Waals surface area contributed by atoms with E-state index < -0.39 is 11.8 Å². The molecule has 0 unspecified atom stereocenters. The maximum Gasteiger partial charge on any atom is 0.228 e. The van der Waals surface area contributed by atoms with Gasteiger partial charge in [-0.1, -0.05) is 74.5 Å². The van der Waals surface area contributed by atoms with Gasteiger partial charge in [0.25, 0.3) is 0 Å². The third-order valence-corrected chi connectivity index (χ3v) is 4.83. The Hall–Kier alpha value is -2.17. The third kappa shape index (κ3) is 4.14. The minimum atomic E-state index is -1.28. The van der Waals surface area contributed by atoms with Crippen LogP contribution < -0.4 is 0 Å². The van der Waals surface area contributed by atoms with Crippen molar-refractivity contribution in [3.05, 3.63) is 71.8 Å². The molecule has 0 aliphatic carbocycles. The van der Waals surface area contributed by atoms with Crippen molar-refractivity contribution in [1.82, 2.24) is 4.90 Å². The van der Waals surface area contributed by atoms with E-state index in [0.29, 0.717) is 19.6 Å². The predicted octanol–water partition coefficient (Wildman–Crippen LogP) is 3.74. The quantitative estimate of drug-likeness (QED) is 0.825. The lowest BCUT2D eigenvalue weighted by Gasteiger charge is -2.38. The summed E-state index contributed by atoms with van der Waals surface area (Å²) in [4.78, 5) is 14.3. The molecule has 1 fully saturated rings. The van der Waals surface area contributed by atoms with Crippen molar-refractivity contribution < 1.29 is 14.6 Å². The molecule has 0 spiro atoms. The van der Waals surface area contributed by atoms with E-state index in [4.69, 9.17) is 4.74 Å². The zero-order valence-electron chi connectivity index (χ0n) is 15.5. The van der Waals surface area contributed by atoms with Gasteiger partial charge >= 0.3 is 0 Å². The molecule has 26 heavy (non-hydrogen) atoms. The summed E-state index contributed by atoms with van der Waals surface area (Å²) in [5.41, 5.74) is 0.760. The zero-order chi connectivity index (χ0) is 18.6. The monoisotopic (exact) mass is 353 g/mol. The molecular formula is C22H27NO3. The van der Waals surface area contributed by atoms with Gasteiger partial charge in [0, 0.05) is 13.0 Å². The molecule has 1 amide bonds. The second-order valence-corrected chi connectivity index (χ2v) is 7.43. The maximum absolute atomic E-state index is 12.7. The fourth-order valence-corrected chi connectivity index (χ4v) is 3.62. The van der Waals surface area contributed by atoms with E-state index in [9.17, 15) is 9.90 Å². The van der Waals surface area contributed by atoms with Crippen LogP contribution in [0, 0.1) is 5.92 Å². The van der Waals surface area contributed by atoms with E-state index >= 15 is 0 Å². The van der Waals surface area contributed by atoms with Gasteiger partial charge in [0.15, 0.2) is 5.72 Å². The van der Waals surface area contributed by atoms with Crippen molar-refractivity contribution in [2.24, 2.45) is 5.92 Å². The molecule has 2 aromatic rings. The van der Waals surface area contributed by atoms with Crippen LogP contribution in [0.4, 0.5) is 0 Å². The van der Waals surface area contributed by atoms with Crippen LogP contribution in [0.2, 0.25) is 0 Å². The first-order chi connectivity index (χ1) is 12.5. The average molecular weight is 353 g/mol. The number of rotatable bonds is 7. The van der Waals surface area contributed by atoms with Gasteiger partial charge in [0.05, 0.1) is 13.0 Å². The van der Waals surface area contributed by atoms with Gasteiger partial charge in [-0.25, -0.2) is 0 Å². The SMILES string of the molecule is CC(C)C[C@@]1(O)[C@@H](OCc2ccccc2)CC(=O)N1Cc1ccccc1. The van der Waals surface area contributed by atoms with Crippen molar-refractivity contribution in [1.29, 1.82) is 0 Å². The normalized spacial score (nSPS) is 23.0. The number of hydrogen-bond acceptors (Lipinski definition) is 3. The number of ether oxygens (including phenoxy) is 1.